The molecule has 2 rings (SSSR count). The first-order valence-electron chi connectivity index (χ1n) is 8.97. The fourth-order valence-corrected chi connectivity index (χ4v) is 3.06. The molecule has 7 heteroatoms. The van der Waals surface area contributed by atoms with E-state index in [4.69, 9.17) is 0 Å². The Morgan fingerprint density at radius 1 is 1.28 bits per heavy atom. The van der Waals surface area contributed by atoms with Gasteiger partial charge in [0.05, 0.1) is 25.7 Å². The van der Waals surface area contributed by atoms with E-state index in [0.29, 0.717) is 18.8 Å². The van der Waals surface area contributed by atoms with Gasteiger partial charge in [0.15, 0.2) is 0 Å². The summed E-state index contributed by atoms with van der Waals surface area (Å²) < 4.78 is 13.0. The van der Waals surface area contributed by atoms with Gasteiger partial charge in [0.1, 0.15) is 5.82 Å². The fraction of sp³-hybridized carbons (Fsp3) is 0.556. The van der Waals surface area contributed by atoms with E-state index in [9.17, 15) is 14.0 Å². The Morgan fingerprint density at radius 2 is 1.96 bits per heavy atom. The minimum Gasteiger partial charge on any atom is -0.338 e. The van der Waals surface area contributed by atoms with Crippen molar-refractivity contribution >= 4 is 17.6 Å². The maximum Gasteiger partial charge on any atom is 0.315 e. The topological polar surface area (TPSA) is 65.9 Å². The summed E-state index contributed by atoms with van der Waals surface area (Å²) in [5.41, 5.74) is 0.651. The van der Waals surface area contributed by atoms with E-state index in [2.05, 4.69) is 24.5 Å². The first kappa shape index (κ1) is 19.2. The van der Waals surface area contributed by atoms with Gasteiger partial charge in [-0.1, -0.05) is 0 Å². The molecule has 0 radical (unpaired) electrons. The van der Waals surface area contributed by atoms with Crippen molar-refractivity contribution in [2.75, 3.05) is 37.6 Å². The van der Waals surface area contributed by atoms with Crippen molar-refractivity contribution in [3.8, 4) is 0 Å². The van der Waals surface area contributed by atoms with Crippen molar-refractivity contribution in [2.45, 2.75) is 32.7 Å². The third kappa shape index (κ3) is 5.70. The molecular weight excluding hydrogens is 323 g/mol. The van der Waals surface area contributed by atoms with Gasteiger partial charge in [-0.2, -0.15) is 0 Å². The van der Waals surface area contributed by atoms with Gasteiger partial charge >= 0.3 is 6.03 Å². The molecule has 1 aliphatic rings. The highest BCUT2D eigenvalue weighted by Gasteiger charge is 2.31. The van der Waals surface area contributed by atoms with E-state index >= 15 is 0 Å². The Hall–Kier alpha value is -2.15. The van der Waals surface area contributed by atoms with Crippen molar-refractivity contribution in [1.82, 2.24) is 10.6 Å². The number of nitrogens with one attached hydrogen (secondary N) is 3. The molecule has 1 aromatic rings. The Balaban J connectivity index is 1.73. The molecule has 3 amide bonds. The lowest BCUT2D eigenvalue weighted by Gasteiger charge is -2.18. The summed E-state index contributed by atoms with van der Waals surface area (Å²) in [6, 6.07) is 5.33. The van der Waals surface area contributed by atoms with E-state index in [1.807, 2.05) is 0 Å². The number of hydrogen-bond acceptors (Lipinski definition) is 2. The summed E-state index contributed by atoms with van der Waals surface area (Å²) in [4.78, 5) is 27.2. The number of quaternary nitrogens is 1. The van der Waals surface area contributed by atoms with Gasteiger partial charge in [-0.05, 0) is 38.1 Å². The zero-order valence-corrected chi connectivity index (χ0v) is 15.0. The molecule has 25 heavy (non-hydrogen) atoms. The summed E-state index contributed by atoms with van der Waals surface area (Å²) in [6.07, 6.45) is 1.18. The first-order chi connectivity index (χ1) is 12.0. The van der Waals surface area contributed by atoms with Crippen molar-refractivity contribution in [3.05, 3.63) is 30.1 Å². The highest BCUT2D eigenvalue weighted by Crippen LogP contribution is 2.21. The number of halogens is 1. The zero-order chi connectivity index (χ0) is 18.2. The quantitative estimate of drug-likeness (QED) is 0.599. The minimum absolute atomic E-state index is 0.0676. The number of benzene rings is 1. The molecule has 1 fully saturated rings. The Labute approximate surface area is 148 Å². The molecule has 1 heterocycles. The second kappa shape index (κ2) is 9.36. The monoisotopic (exact) mass is 351 g/mol. The van der Waals surface area contributed by atoms with Crippen LogP contribution in [0.5, 0.6) is 0 Å². The highest BCUT2D eigenvalue weighted by atomic mass is 19.1. The number of carbonyl (C=O) groups excluding carboxylic acids is 2. The van der Waals surface area contributed by atoms with Crippen LogP contribution in [0.25, 0.3) is 0 Å². The maximum absolute atomic E-state index is 13.0. The molecule has 0 spiro atoms. The van der Waals surface area contributed by atoms with Gasteiger partial charge in [0.25, 0.3) is 0 Å². The maximum atomic E-state index is 13.0. The zero-order valence-electron chi connectivity index (χ0n) is 15.0. The fourth-order valence-electron chi connectivity index (χ4n) is 3.06. The van der Waals surface area contributed by atoms with E-state index in [-0.39, 0.29) is 30.2 Å². The second-order valence-electron chi connectivity index (χ2n) is 6.34. The summed E-state index contributed by atoms with van der Waals surface area (Å²) >= 11 is 0. The third-order valence-corrected chi connectivity index (χ3v) is 4.59. The molecule has 3 N–H and O–H groups in total. The number of amides is 3. The summed E-state index contributed by atoms with van der Waals surface area (Å²) in [7, 11) is 0. The molecule has 1 atom stereocenters. The van der Waals surface area contributed by atoms with Crippen molar-refractivity contribution in [1.29, 1.82) is 0 Å². The molecule has 6 nitrogen and oxygen atoms in total. The van der Waals surface area contributed by atoms with Crippen LogP contribution in [0, 0.1) is 5.82 Å². The number of carbonyl (C=O) groups is 2. The Morgan fingerprint density at radius 3 is 2.60 bits per heavy atom. The van der Waals surface area contributed by atoms with E-state index < -0.39 is 0 Å². The molecule has 138 valence electrons. The van der Waals surface area contributed by atoms with Crippen molar-refractivity contribution in [3.63, 3.8) is 0 Å². The van der Waals surface area contributed by atoms with Crippen LogP contribution < -0.4 is 20.4 Å². The van der Waals surface area contributed by atoms with Crippen LogP contribution in [0.15, 0.2) is 24.3 Å². The number of nitrogens with zero attached hydrogens (tertiary/aromatic N) is 1. The standard InChI is InChI=1S/C18H27FN4O2/c1-3-22(4-2)11-5-10-20-18(25)21-15-12-17(24)23(13-15)16-8-6-14(19)7-9-16/h6-9,15H,3-5,10-13H2,1-2H3,(H2,20,21,25)/p+1/t15-/m1/s1. The summed E-state index contributed by atoms with van der Waals surface area (Å²) in [6.45, 7) is 8.55. The lowest BCUT2D eigenvalue weighted by Crippen LogP contribution is -3.11. The largest absolute Gasteiger partial charge is 0.338 e. The third-order valence-electron chi connectivity index (χ3n) is 4.59. The second-order valence-corrected chi connectivity index (χ2v) is 6.34. The van der Waals surface area contributed by atoms with Crippen LogP contribution in [0.3, 0.4) is 0 Å². The van der Waals surface area contributed by atoms with Crippen molar-refractivity contribution < 1.29 is 18.9 Å². The first-order valence-corrected chi connectivity index (χ1v) is 8.97. The van der Waals surface area contributed by atoms with Crippen LogP contribution >= 0.6 is 0 Å². The SMILES string of the molecule is CC[NH+](CC)CCCNC(=O)N[C@@H]1CC(=O)N(c2ccc(F)cc2)C1. The van der Waals surface area contributed by atoms with Gasteiger partial charge in [-0.3, -0.25) is 4.79 Å². The summed E-state index contributed by atoms with van der Waals surface area (Å²) in [5, 5.41) is 5.69. The lowest BCUT2D eigenvalue weighted by molar-refractivity contribution is -0.896. The van der Waals surface area contributed by atoms with Crippen LogP contribution in [0.4, 0.5) is 14.9 Å². The Bertz CT molecular complexity index is 575. The highest BCUT2D eigenvalue weighted by molar-refractivity contribution is 5.96. The van der Waals surface area contributed by atoms with Crippen LogP contribution in [-0.4, -0.2) is 50.7 Å². The molecule has 0 unspecified atom stereocenters. The molecule has 0 bridgehead atoms. The average molecular weight is 351 g/mol. The van der Waals surface area contributed by atoms with Gasteiger partial charge < -0.3 is 20.4 Å². The molecular formula is C18H28FN4O2+. The van der Waals surface area contributed by atoms with E-state index in [0.717, 1.165) is 26.1 Å². The predicted octanol–water partition coefficient (Wildman–Crippen LogP) is 0.545. The van der Waals surface area contributed by atoms with Crippen LogP contribution in [-0.2, 0) is 4.79 Å². The normalized spacial score (nSPS) is 17.2. The van der Waals surface area contributed by atoms with Crippen LogP contribution in [0.1, 0.15) is 26.7 Å². The molecule has 0 aliphatic carbocycles. The van der Waals surface area contributed by atoms with Gasteiger partial charge in [-0.15, -0.1) is 0 Å². The molecule has 1 aromatic carbocycles. The van der Waals surface area contributed by atoms with E-state index in [1.165, 1.54) is 17.0 Å². The molecule has 0 aromatic heterocycles. The lowest BCUT2D eigenvalue weighted by atomic mass is 10.2. The van der Waals surface area contributed by atoms with Crippen LogP contribution in [0.2, 0.25) is 0 Å². The molecule has 1 saturated heterocycles. The smallest absolute Gasteiger partial charge is 0.315 e. The number of hydrogen-bond donors (Lipinski definition) is 3. The number of urea groups is 1. The summed E-state index contributed by atoms with van der Waals surface area (Å²) in [5.74, 6) is -0.405. The van der Waals surface area contributed by atoms with Gasteiger partial charge in [0.2, 0.25) is 5.91 Å². The predicted molar refractivity (Wildman–Crippen MR) is 95.2 cm³/mol. The van der Waals surface area contributed by atoms with Gasteiger partial charge in [-0.25, -0.2) is 9.18 Å². The van der Waals surface area contributed by atoms with Gasteiger partial charge in [0, 0.05) is 31.6 Å². The average Bonchev–Trinajstić information content (AvgIpc) is 2.96. The molecule has 1 aliphatic heterocycles. The minimum atomic E-state index is -0.337. The number of rotatable bonds is 8. The molecule has 0 saturated carbocycles. The van der Waals surface area contributed by atoms with Crippen molar-refractivity contribution in [2.24, 2.45) is 0 Å². The number of anilines is 1. The Kier molecular flexibility index (Phi) is 7.18. The van der Waals surface area contributed by atoms with E-state index in [1.54, 1.807) is 17.0 Å².